The maximum atomic E-state index is 13.0. The predicted octanol–water partition coefficient (Wildman–Crippen LogP) is 6.30. The predicted molar refractivity (Wildman–Crippen MR) is 136 cm³/mol. The molecule has 0 saturated carbocycles. The highest BCUT2D eigenvalue weighted by Crippen LogP contribution is 2.32. The highest BCUT2D eigenvalue weighted by molar-refractivity contribution is 6.53. The van der Waals surface area contributed by atoms with Crippen molar-refractivity contribution in [3.8, 4) is 0 Å². The fourth-order valence-corrected chi connectivity index (χ4v) is 4.13. The maximum absolute atomic E-state index is 13.0. The fraction of sp³-hybridized carbons (Fsp3) is 0.0800. The van der Waals surface area contributed by atoms with Gasteiger partial charge in [0, 0.05) is 11.3 Å². The zero-order chi connectivity index (χ0) is 24.6. The molecule has 1 heterocycles. The number of rotatable bonds is 5. The van der Waals surface area contributed by atoms with Crippen molar-refractivity contribution in [3.05, 3.63) is 98.1 Å². The van der Waals surface area contributed by atoms with E-state index in [0.29, 0.717) is 27.6 Å². The molecule has 1 aliphatic heterocycles. The van der Waals surface area contributed by atoms with Crippen LogP contribution in [-0.4, -0.2) is 17.7 Å². The van der Waals surface area contributed by atoms with Crippen LogP contribution in [0.4, 0.5) is 17.1 Å². The molecule has 0 saturated heterocycles. The topological polar surface area (TPSA) is 78.5 Å². The van der Waals surface area contributed by atoms with Crippen molar-refractivity contribution in [3.63, 3.8) is 0 Å². The maximum Gasteiger partial charge on any atom is 0.283 e. The molecule has 0 aromatic heterocycles. The third kappa shape index (κ3) is 4.66. The van der Waals surface area contributed by atoms with Crippen LogP contribution in [0.25, 0.3) is 0 Å². The van der Waals surface area contributed by atoms with Crippen LogP contribution in [0.3, 0.4) is 0 Å². The van der Waals surface area contributed by atoms with E-state index in [1.807, 2.05) is 19.9 Å². The van der Waals surface area contributed by atoms with Gasteiger partial charge < -0.3 is 10.6 Å². The molecular formula is C25H18Cl3N3O3. The van der Waals surface area contributed by atoms with Crippen molar-refractivity contribution < 1.29 is 14.4 Å². The second-order valence-electron chi connectivity index (χ2n) is 7.74. The zero-order valence-corrected chi connectivity index (χ0v) is 20.3. The third-order valence-electron chi connectivity index (χ3n) is 5.11. The summed E-state index contributed by atoms with van der Waals surface area (Å²) in [5, 5.41) is 5.97. The van der Waals surface area contributed by atoms with Crippen LogP contribution in [0.1, 0.15) is 21.5 Å². The van der Waals surface area contributed by atoms with Crippen LogP contribution in [-0.2, 0) is 9.59 Å². The number of nitrogens with one attached hydrogen (secondary N) is 2. The molecule has 4 rings (SSSR count). The Labute approximate surface area is 211 Å². The van der Waals surface area contributed by atoms with Crippen LogP contribution in [0.2, 0.25) is 10.0 Å². The minimum atomic E-state index is -0.603. The molecule has 0 aliphatic carbocycles. The van der Waals surface area contributed by atoms with Crippen molar-refractivity contribution in [2.24, 2.45) is 0 Å². The molecule has 0 atom stereocenters. The van der Waals surface area contributed by atoms with Gasteiger partial charge >= 0.3 is 0 Å². The molecule has 0 unspecified atom stereocenters. The first-order chi connectivity index (χ1) is 16.2. The van der Waals surface area contributed by atoms with E-state index in [0.717, 1.165) is 16.0 Å². The van der Waals surface area contributed by atoms with Crippen LogP contribution in [0.5, 0.6) is 0 Å². The molecule has 0 fully saturated rings. The van der Waals surface area contributed by atoms with Gasteiger partial charge in [-0.2, -0.15) is 0 Å². The largest absolute Gasteiger partial charge is 0.350 e. The molecule has 172 valence electrons. The number of aryl methyl sites for hydroxylation is 2. The molecule has 34 heavy (non-hydrogen) atoms. The molecule has 3 aromatic carbocycles. The lowest BCUT2D eigenvalue weighted by Crippen LogP contribution is -2.32. The Morgan fingerprint density at radius 3 is 2.15 bits per heavy atom. The highest BCUT2D eigenvalue weighted by atomic mass is 35.5. The zero-order valence-electron chi connectivity index (χ0n) is 18.1. The summed E-state index contributed by atoms with van der Waals surface area (Å²) in [6.45, 7) is 3.77. The third-order valence-corrected chi connectivity index (χ3v) is 6.28. The summed E-state index contributed by atoms with van der Waals surface area (Å²) in [5.74, 6) is -1.55. The van der Waals surface area contributed by atoms with Crippen molar-refractivity contribution in [2.45, 2.75) is 13.8 Å². The molecular weight excluding hydrogens is 497 g/mol. The smallest absolute Gasteiger partial charge is 0.283 e. The first kappa shape index (κ1) is 23.8. The number of halogens is 3. The molecule has 3 aromatic rings. The molecule has 2 N–H and O–H groups in total. The van der Waals surface area contributed by atoms with Crippen molar-refractivity contribution in [1.29, 1.82) is 0 Å². The second kappa shape index (κ2) is 9.50. The molecule has 0 bridgehead atoms. The summed E-state index contributed by atoms with van der Waals surface area (Å²) in [4.78, 5) is 39.3. The average molecular weight is 515 g/mol. The Kier molecular flexibility index (Phi) is 6.66. The lowest BCUT2D eigenvalue weighted by molar-refractivity contribution is -0.120. The Bertz CT molecular complexity index is 1350. The quantitative estimate of drug-likeness (QED) is 0.392. The van der Waals surface area contributed by atoms with Crippen molar-refractivity contribution in [2.75, 3.05) is 15.5 Å². The van der Waals surface area contributed by atoms with Gasteiger partial charge in [-0.1, -0.05) is 46.9 Å². The number of carbonyl (C=O) groups is 3. The van der Waals surface area contributed by atoms with E-state index in [1.54, 1.807) is 54.6 Å². The van der Waals surface area contributed by atoms with Gasteiger partial charge in [-0.25, -0.2) is 4.90 Å². The number of anilines is 3. The minimum Gasteiger partial charge on any atom is -0.350 e. The number of amides is 3. The Morgan fingerprint density at radius 2 is 1.50 bits per heavy atom. The second-order valence-corrected chi connectivity index (χ2v) is 8.90. The Hall–Kier alpha value is -3.32. The van der Waals surface area contributed by atoms with E-state index >= 15 is 0 Å². The molecule has 6 nitrogen and oxygen atoms in total. The monoisotopic (exact) mass is 513 g/mol. The van der Waals surface area contributed by atoms with Gasteiger partial charge in [0.05, 0.1) is 21.4 Å². The summed E-state index contributed by atoms with van der Waals surface area (Å²) in [7, 11) is 0. The molecule has 3 amide bonds. The lowest BCUT2D eigenvalue weighted by atomic mass is 10.1. The van der Waals surface area contributed by atoms with Gasteiger partial charge in [0.2, 0.25) is 0 Å². The summed E-state index contributed by atoms with van der Waals surface area (Å²) in [6.07, 6.45) is 0. The Balaban J connectivity index is 1.50. The van der Waals surface area contributed by atoms with Gasteiger partial charge in [-0.05, 0) is 73.5 Å². The van der Waals surface area contributed by atoms with Gasteiger partial charge in [0.15, 0.2) is 0 Å². The summed E-state index contributed by atoms with van der Waals surface area (Å²) >= 11 is 18.3. The minimum absolute atomic E-state index is 0.0336. The normalized spacial score (nSPS) is 13.5. The molecule has 0 radical (unpaired) electrons. The van der Waals surface area contributed by atoms with Crippen molar-refractivity contribution >= 4 is 69.6 Å². The Morgan fingerprint density at radius 1 is 0.853 bits per heavy atom. The first-order valence-corrected chi connectivity index (χ1v) is 11.3. The van der Waals surface area contributed by atoms with Crippen molar-refractivity contribution in [1.82, 2.24) is 0 Å². The van der Waals surface area contributed by atoms with Crippen LogP contribution in [0.15, 0.2) is 71.4 Å². The van der Waals surface area contributed by atoms with E-state index < -0.39 is 11.8 Å². The fourth-order valence-electron chi connectivity index (χ4n) is 3.57. The van der Waals surface area contributed by atoms with Gasteiger partial charge in [0.25, 0.3) is 17.7 Å². The van der Waals surface area contributed by atoms with E-state index in [2.05, 4.69) is 10.6 Å². The van der Waals surface area contributed by atoms with Gasteiger partial charge in [0.1, 0.15) is 10.7 Å². The molecule has 1 aliphatic rings. The number of benzene rings is 3. The lowest BCUT2D eigenvalue weighted by Gasteiger charge is -2.16. The van der Waals surface area contributed by atoms with Crippen LogP contribution >= 0.6 is 34.8 Å². The number of hydrogen-bond acceptors (Lipinski definition) is 4. The number of carbonyl (C=O) groups excluding carboxylic acids is 3. The summed E-state index contributed by atoms with van der Waals surface area (Å²) in [6, 6.07) is 16.7. The van der Waals surface area contributed by atoms with E-state index in [4.69, 9.17) is 34.8 Å². The standard InChI is InChI=1S/C25H18Cl3N3O3/c1-13-10-14(2)12-17(11-13)31-24(33)21(28)22(25(31)34)29-16-8-6-15(7-9-16)23(32)30-19-5-3-4-18(26)20(19)27/h3-12,29H,1-2H3,(H,30,32). The number of imide groups is 1. The van der Waals surface area contributed by atoms with Gasteiger partial charge in [-0.15, -0.1) is 0 Å². The molecule has 9 heteroatoms. The van der Waals surface area contributed by atoms with Crippen LogP contribution < -0.4 is 15.5 Å². The van der Waals surface area contributed by atoms with Gasteiger partial charge in [-0.3, -0.25) is 14.4 Å². The SMILES string of the molecule is Cc1cc(C)cc(N2C(=O)C(Cl)=C(Nc3ccc(C(=O)Nc4cccc(Cl)c4Cl)cc3)C2=O)c1. The highest BCUT2D eigenvalue weighted by Gasteiger charge is 2.39. The van der Waals surface area contributed by atoms with E-state index in [-0.39, 0.29) is 21.7 Å². The number of hydrogen-bond donors (Lipinski definition) is 2. The number of nitrogens with zero attached hydrogens (tertiary/aromatic N) is 1. The molecule has 0 spiro atoms. The summed E-state index contributed by atoms with van der Waals surface area (Å²) in [5.41, 5.74) is 3.48. The average Bonchev–Trinajstić information content (AvgIpc) is 2.99. The summed E-state index contributed by atoms with van der Waals surface area (Å²) < 4.78 is 0. The van der Waals surface area contributed by atoms with Crippen LogP contribution in [0, 0.1) is 13.8 Å². The first-order valence-electron chi connectivity index (χ1n) is 10.1. The van der Waals surface area contributed by atoms with E-state index in [9.17, 15) is 14.4 Å². The van der Waals surface area contributed by atoms with E-state index in [1.165, 1.54) is 0 Å².